The third-order valence-corrected chi connectivity index (χ3v) is 4.12. The molecule has 0 bridgehead atoms. The minimum absolute atomic E-state index is 0.0454. The van der Waals surface area contributed by atoms with Crippen molar-refractivity contribution in [2.45, 2.75) is 11.3 Å². The van der Waals surface area contributed by atoms with Gasteiger partial charge in [-0.1, -0.05) is 12.1 Å². The molecule has 0 spiro atoms. The summed E-state index contributed by atoms with van der Waals surface area (Å²) in [6, 6.07) is 6.41. The molecule has 0 atom stereocenters. The fourth-order valence-corrected chi connectivity index (χ4v) is 3.30. The van der Waals surface area contributed by atoms with E-state index in [1.54, 1.807) is 23.9 Å². The molecule has 0 saturated heterocycles. The third-order valence-electron chi connectivity index (χ3n) is 2.82. The van der Waals surface area contributed by atoms with Gasteiger partial charge in [-0.25, -0.2) is 9.97 Å². The van der Waals surface area contributed by atoms with E-state index >= 15 is 0 Å². The molecule has 7 heteroatoms. The van der Waals surface area contributed by atoms with Gasteiger partial charge in [0, 0.05) is 29.9 Å². The molecule has 1 aliphatic heterocycles. The number of aromatic nitrogens is 2. The number of halogens is 1. The van der Waals surface area contributed by atoms with Crippen molar-refractivity contribution in [3.63, 3.8) is 0 Å². The van der Waals surface area contributed by atoms with E-state index in [4.69, 9.17) is 11.6 Å². The van der Waals surface area contributed by atoms with Crippen molar-refractivity contribution < 1.29 is 4.92 Å². The number of aryl methyl sites for hydroxylation is 1. The van der Waals surface area contributed by atoms with Crippen molar-refractivity contribution in [1.82, 2.24) is 9.97 Å². The van der Waals surface area contributed by atoms with E-state index in [-0.39, 0.29) is 11.0 Å². The molecule has 19 heavy (non-hydrogen) atoms. The lowest BCUT2D eigenvalue weighted by Gasteiger charge is -2.07. The number of non-ortho nitro benzene ring substituents is 1. The van der Waals surface area contributed by atoms with Crippen LogP contribution in [0, 0.1) is 10.1 Å². The van der Waals surface area contributed by atoms with Gasteiger partial charge in [-0.05, 0) is 11.6 Å². The lowest BCUT2D eigenvalue weighted by Crippen LogP contribution is -1.96. The summed E-state index contributed by atoms with van der Waals surface area (Å²) in [6.07, 6.45) is 0.851. The zero-order valence-electron chi connectivity index (χ0n) is 9.67. The highest BCUT2D eigenvalue weighted by Crippen LogP contribution is 2.38. The van der Waals surface area contributed by atoms with E-state index in [0.29, 0.717) is 11.3 Å². The lowest BCUT2D eigenvalue weighted by molar-refractivity contribution is -0.384. The first-order valence-corrected chi connectivity index (χ1v) is 6.95. The summed E-state index contributed by atoms with van der Waals surface area (Å²) < 4.78 is 0. The summed E-state index contributed by atoms with van der Waals surface area (Å²) in [4.78, 5) is 19.8. The first-order valence-electron chi connectivity index (χ1n) is 5.59. The van der Waals surface area contributed by atoms with E-state index < -0.39 is 4.92 Å². The second kappa shape index (κ2) is 4.79. The molecule has 0 radical (unpaired) electrons. The summed E-state index contributed by atoms with van der Waals surface area (Å²) in [5.41, 5.74) is 2.35. The van der Waals surface area contributed by atoms with E-state index in [9.17, 15) is 10.1 Å². The van der Waals surface area contributed by atoms with Crippen LogP contribution >= 0.6 is 23.4 Å². The average Bonchev–Trinajstić information content (AvgIpc) is 2.85. The zero-order chi connectivity index (χ0) is 13.4. The second-order valence-electron chi connectivity index (χ2n) is 4.02. The minimum Gasteiger partial charge on any atom is -0.258 e. The Bertz CT molecular complexity index is 678. The van der Waals surface area contributed by atoms with Crippen LogP contribution in [0.5, 0.6) is 0 Å². The predicted molar refractivity (Wildman–Crippen MR) is 73.6 cm³/mol. The minimum atomic E-state index is -0.417. The van der Waals surface area contributed by atoms with Gasteiger partial charge in [0.05, 0.1) is 21.2 Å². The average molecular weight is 294 g/mol. The van der Waals surface area contributed by atoms with E-state index in [0.717, 1.165) is 22.8 Å². The highest BCUT2D eigenvalue weighted by Gasteiger charge is 2.21. The molecule has 1 aromatic heterocycles. The first-order chi connectivity index (χ1) is 9.15. The van der Waals surface area contributed by atoms with Crippen LogP contribution in [0.15, 0.2) is 29.2 Å². The molecule has 2 aromatic rings. The molecule has 5 nitrogen and oxygen atoms in total. The van der Waals surface area contributed by atoms with Gasteiger partial charge in [-0.2, -0.15) is 0 Å². The van der Waals surface area contributed by atoms with Crippen LogP contribution in [-0.2, 0) is 6.42 Å². The van der Waals surface area contributed by atoms with Crippen molar-refractivity contribution >= 4 is 29.1 Å². The summed E-state index contributed by atoms with van der Waals surface area (Å²) >= 11 is 7.57. The Labute approximate surface area is 118 Å². The highest BCUT2D eigenvalue weighted by atomic mass is 35.5. The Morgan fingerprint density at radius 1 is 1.37 bits per heavy atom. The van der Waals surface area contributed by atoms with Gasteiger partial charge >= 0.3 is 0 Å². The largest absolute Gasteiger partial charge is 0.270 e. The van der Waals surface area contributed by atoms with E-state index in [1.165, 1.54) is 12.1 Å². The highest BCUT2D eigenvalue weighted by molar-refractivity contribution is 7.99. The van der Waals surface area contributed by atoms with Gasteiger partial charge in [0.25, 0.3) is 5.69 Å². The van der Waals surface area contributed by atoms with Crippen LogP contribution in [-0.4, -0.2) is 20.6 Å². The Morgan fingerprint density at radius 2 is 2.21 bits per heavy atom. The standard InChI is InChI=1S/C12H8ClN3O2S/c13-12-14-9-4-5-19-11(9)10(15-12)7-2-1-3-8(6-7)16(17)18/h1-3,6H,4-5H2. The second-order valence-corrected chi connectivity index (χ2v) is 5.47. The smallest absolute Gasteiger partial charge is 0.258 e. The van der Waals surface area contributed by atoms with E-state index in [1.807, 2.05) is 0 Å². The summed E-state index contributed by atoms with van der Waals surface area (Å²) in [7, 11) is 0. The van der Waals surface area contributed by atoms with Crippen molar-refractivity contribution in [1.29, 1.82) is 0 Å². The molecule has 0 fully saturated rings. The quantitative estimate of drug-likeness (QED) is 0.482. The Hall–Kier alpha value is -1.66. The number of hydrogen-bond donors (Lipinski definition) is 0. The third kappa shape index (κ3) is 2.29. The van der Waals surface area contributed by atoms with Gasteiger partial charge in [-0.15, -0.1) is 11.8 Å². The van der Waals surface area contributed by atoms with Crippen LogP contribution in [0.4, 0.5) is 5.69 Å². The number of thioether (sulfide) groups is 1. The van der Waals surface area contributed by atoms with E-state index in [2.05, 4.69) is 9.97 Å². The van der Waals surface area contributed by atoms with Gasteiger partial charge in [-0.3, -0.25) is 10.1 Å². The van der Waals surface area contributed by atoms with Crippen LogP contribution in [0.1, 0.15) is 5.69 Å². The lowest BCUT2D eigenvalue weighted by atomic mass is 10.1. The number of nitro groups is 1. The maximum atomic E-state index is 10.8. The molecule has 0 N–H and O–H groups in total. The van der Waals surface area contributed by atoms with Crippen LogP contribution < -0.4 is 0 Å². The molecule has 0 amide bonds. The molecule has 0 saturated carbocycles. The predicted octanol–water partition coefficient (Wildman–Crippen LogP) is 3.35. The zero-order valence-corrected chi connectivity index (χ0v) is 11.2. The monoisotopic (exact) mass is 293 g/mol. The number of nitrogens with zero attached hydrogens (tertiary/aromatic N) is 3. The van der Waals surface area contributed by atoms with Gasteiger partial charge < -0.3 is 0 Å². The number of fused-ring (bicyclic) bond motifs is 1. The molecule has 0 aliphatic carbocycles. The summed E-state index contributed by atoms with van der Waals surface area (Å²) in [6.45, 7) is 0. The maximum Gasteiger partial charge on any atom is 0.270 e. The SMILES string of the molecule is O=[N+]([O-])c1cccc(-c2nc(Cl)nc3c2SCC3)c1. The fourth-order valence-electron chi connectivity index (χ4n) is 2.00. The molecule has 2 heterocycles. The van der Waals surface area contributed by atoms with Gasteiger partial charge in [0.15, 0.2) is 0 Å². The number of nitro benzene ring substituents is 1. The van der Waals surface area contributed by atoms with Crippen molar-refractivity contribution in [3.8, 4) is 11.3 Å². The summed E-state index contributed by atoms with van der Waals surface area (Å²) in [5, 5.41) is 11.0. The normalized spacial score (nSPS) is 13.3. The molecular formula is C12H8ClN3O2S. The van der Waals surface area contributed by atoms with Crippen LogP contribution in [0.2, 0.25) is 5.28 Å². The first kappa shape index (κ1) is 12.4. The Balaban J connectivity index is 2.17. The van der Waals surface area contributed by atoms with Crippen LogP contribution in [0.25, 0.3) is 11.3 Å². The molecule has 3 rings (SSSR count). The number of rotatable bonds is 2. The van der Waals surface area contributed by atoms with Crippen molar-refractivity contribution in [2.75, 3.05) is 5.75 Å². The number of hydrogen-bond acceptors (Lipinski definition) is 5. The van der Waals surface area contributed by atoms with Crippen molar-refractivity contribution in [3.05, 3.63) is 45.4 Å². The molecule has 0 unspecified atom stereocenters. The molecule has 96 valence electrons. The topological polar surface area (TPSA) is 68.9 Å². The fraction of sp³-hybridized carbons (Fsp3) is 0.167. The number of benzene rings is 1. The molecule has 1 aliphatic rings. The summed E-state index contributed by atoms with van der Waals surface area (Å²) in [5.74, 6) is 0.937. The maximum absolute atomic E-state index is 10.8. The molecular weight excluding hydrogens is 286 g/mol. The Morgan fingerprint density at radius 3 is 3.00 bits per heavy atom. The van der Waals surface area contributed by atoms with Crippen LogP contribution in [0.3, 0.4) is 0 Å². The van der Waals surface area contributed by atoms with Gasteiger partial charge in [0.1, 0.15) is 0 Å². The van der Waals surface area contributed by atoms with Crippen molar-refractivity contribution in [2.24, 2.45) is 0 Å². The molecule has 1 aromatic carbocycles. The van der Waals surface area contributed by atoms with Gasteiger partial charge in [0.2, 0.25) is 5.28 Å². The Kier molecular flexibility index (Phi) is 3.12.